The van der Waals surface area contributed by atoms with Crippen LogP contribution in [0.1, 0.15) is 22.6 Å². The molecule has 2 aromatic carbocycles. The molecule has 6 heteroatoms. The van der Waals surface area contributed by atoms with Gasteiger partial charge in [-0.15, -0.1) is 0 Å². The molecule has 0 saturated carbocycles. The minimum atomic E-state index is -0.214. The quantitative estimate of drug-likeness (QED) is 0.592. The van der Waals surface area contributed by atoms with Gasteiger partial charge in [0.05, 0.1) is 11.9 Å². The zero-order valence-corrected chi connectivity index (χ0v) is 14.9. The minimum absolute atomic E-state index is 0.0256. The molecule has 1 unspecified atom stereocenters. The second-order valence-electron chi connectivity index (χ2n) is 7.07. The van der Waals surface area contributed by atoms with E-state index in [-0.39, 0.29) is 11.7 Å². The zero-order chi connectivity index (χ0) is 18.4. The highest BCUT2D eigenvalue weighted by Crippen LogP contribution is 2.37. The molecule has 0 radical (unpaired) electrons. The zero-order valence-electron chi connectivity index (χ0n) is 14.9. The molecule has 3 heterocycles. The standard InChI is InChI=1S/C21H18FN5/c1-27-11-15-9-13(19-3-2-8-23-25-19)4-6-16(15)18(12-27)17-7-5-14-10-24-26-21(14)20(17)22/h2-10,18H,11-12H2,1H3,(H,24,26). The third-order valence-corrected chi connectivity index (χ3v) is 5.28. The van der Waals surface area contributed by atoms with Crippen molar-refractivity contribution in [3.63, 3.8) is 0 Å². The van der Waals surface area contributed by atoms with E-state index in [1.165, 1.54) is 11.1 Å². The first-order chi connectivity index (χ1) is 13.2. The summed E-state index contributed by atoms with van der Waals surface area (Å²) in [5, 5.41) is 15.7. The van der Waals surface area contributed by atoms with Gasteiger partial charge in [0.25, 0.3) is 0 Å². The topological polar surface area (TPSA) is 57.7 Å². The lowest BCUT2D eigenvalue weighted by atomic mass is 9.83. The van der Waals surface area contributed by atoms with Gasteiger partial charge in [0.2, 0.25) is 0 Å². The molecule has 0 aliphatic carbocycles. The Morgan fingerprint density at radius 3 is 2.89 bits per heavy atom. The number of nitrogens with one attached hydrogen (secondary N) is 1. The Morgan fingerprint density at radius 2 is 2.04 bits per heavy atom. The Balaban J connectivity index is 1.62. The first-order valence-electron chi connectivity index (χ1n) is 8.91. The second kappa shape index (κ2) is 6.25. The van der Waals surface area contributed by atoms with E-state index in [9.17, 15) is 0 Å². The molecule has 5 rings (SSSR count). The summed E-state index contributed by atoms with van der Waals surface area (Å²) in [6, 6.07) is 13.9. The Labute approximate surface area is 155 Å². The van der Waals surface area contributed by atoms with Crippen LogP contribution in [0.15, 0.2) is 54.9 Å². The van der Waals surface area contributed by atoms with Crippen molar-refractivity contribution in [3.05, 3.63) is 77.4 Å². The molecular weight excluding hydrogens is 341 g/mol. The third kappa shape index (κ3) is 2.69. The molecular formula is C21H18FN5. The predicted octanol–water partition coefficient (Wildman–Crippen LogP) is 3.74. The van der Waals surface area contributed by atoms with E-state index in [4.69, 9.17) is 0 Å². The molecule has 2 aromatic heterocycles. The Morgan fingerprint density at radius 1 is 1.15 bits per heavy atom. The normalized spacial score (nSPS) is 17.2. The molecule has 5 nitrogen and oxygen atoms in total. The number of halogens is 1. The highest BCUT2D eigenvalue weighted by Gasteiger charge is 2.28. The summed E-state index contributed by atoms with van der Waals surface area (Å²) in [5.74, 6) is -0.239. The smallest absolute Gasteiger partial charge is 0.152 e. The van der Waals surface area contributed by atoms with Crippen LogP contribution >= 0.6 is 0 Å². The molecule has 134 valence electrons. The van der Waals surface area contributed by atoms with Crippen LogP contribution in [0, 0.1) is 5.82 Å². The van der Waals surface area contributed by atoms with Crippen LogP contribution in [0.3, 0.4) is 0 Å². The number of nitrogens with zero attached hydrogens (tertiary/aromatic N) is 4. The summed E-state index contributed by atoms with van der Waals surface area (Å²) in [6.45, 7) is 1.60. The van der Waals surface area contributed by atoms with Crippen molar-refractivity contribution in [1.29, 1.82) is 0 Å². The number of rotatable bonds is 2. The lowest BCUT2D eigenvalue weighted by Crippen LogP contribution is -2.31. The van der Waals surface area contributed by atoms with Gasteiger partial charge in [0.15, 0.2) is 5.82 Å². The number of likely N-dealkylation sites (N-methyl/N-ethyl adjacent to an activating group) is 1. The SMILES string of the molecule is CN1Cc2cc(-c3cccnn3)ccc2C(c2ccc3cn[nH]c3c2F)C1. The summed E-state index contributed by atoms with van der Waals surface area (Å²) in [7, 11) is 2.07. The predicted molar refractivity (Wildman–Crippen MR) is 102 cm³/mol. The fraction of sp³-hybridized carbons (Fsp3) is 0.190. The van der Waals surface area contributed by atoms with E-state index in [1.54, 1.807) is 12.4 Å². The Bertz CT molecular complexity index is 1120. The largest absolute Gasteiger partial charge is 0.301 e. The summed E-state index contributed by atoms with van der Waals surface area (Å²) < 4.78 is 15.1. The van der Waals surface area contributed by atoms with Crippen LogP contribution in [0.5, 0.6) is 0 Å². The van der Waals surface area contributed by atoms with Crippen LogP contribution in [-0.4, -0.2) is 38.9 Å². The van der Waals surface area contributed by atoms with Crippen molar-refractivity contribution in [2.75, 3.05) is 13.6 Å². The van der Waals surface area contributed by atoms with Crippen molar-refractivity contribution in [2.24, 2.45) is 0 Å². The number of aromatic amines is 1. The molecule has 27 heavy (non-hydrogen) atoms. The third-order valence-electron chi connectivity index (χ3n) is 5.28. The molecule has 0 spiro atoms. The lowest BCUT2D eigenvalue weighted by Gasteiger charge is -2.33. The molecule has 1 aliphatic rings. The number of hydrogen-bond acceptors (Lipinski definition) is 4. The first-order valence-corrected chi connectivity index (χ1v) is 8.91. The lowest BCUT2D eigenvalue weighted by molar-refractivity contribution is 0.293. The van der Waals surface area contributed by atoms with E-state index >= 15 is 4.39 Å². The van der Waals surface area contributed by atoms with Crippen LogP contribution in [0.2, 0.25) is 0 Å². The van der Waals surface area contributed by atoms with E-state index in [1.807, 2.05) is 30.3 Å². The van der Waals surface area contributed by atoms with Gasteiger partial charge >= 0.3 is 0 Å². The van der Waals surface area contributed by atoms with Crippen molar-refractivity contribution < 1.29 is 4.39 Å². The van der Waals surface area contributed by atoms with Crippen LogP contribution in [-0.2, 0) is 6.54 Å². The van der Waals surface area contributed by atoms with Crippen molar-refractivity contribution in [3.8, 4) is 11.3 Å². The molecule has 0 fully saturated rings. The van der Waals surface area contributed by atoms with Gasteiger partial charge < -0.3 is 4.90 Å². The van der Waals surface area contributed by atoms with Crippen LogP contribution < -0.4 is 0 Å². The second-order valence-corrected chi connectivity index (χ2v) is 7.07. The van der Waals surface area contributed by atoms with Gasteiger partial charge in [-0.3, -0.25) is 5.10 Å². The van der Waals surface area contributed by atoms with Gasteiger partial charge in [-0.05, 0) is 41.9 Å². The molecule has 0 amide bonds. The van der Waals surface area contributed by atoms with Crippen LogP contribution in [0.25, 0.3) is 22.2 Å². The van der Waals surface area contributed by atoms with E-state index in [0.717, 1.165) is 29.7 Å². The fourth-order valence-corrected chi connectivity index (χ4v) is 3.99. The number of benzene rings is 2. The molecule has 4 aromatic rings. The number of aromatic nitrogens is 4. The number of H-pyrrole nitrogens is 1. The fourth-order valence-electron chi connectivity index (χ4n) is 3.99. The van der Waals surface area contributed by atoms with Gasteiger partial charge in [-0.25, -0.2) is 4.39 Å². The maximum Gasteiger partial charge on any atom is 0.152 e. The molecule has 1 aliphatic heterocycles. The Hall–Kier alpha value is -3.12. The van der Waals surface area contributed by atoms with E-state index in [0.29, 0.717) is 11.1 Å². The van der Waals surface area contributed by atoms with Gasteiger partial charge in [-0.2, -0.15) is 15.3 Å². The maximum atomic E-state index is 15.1. The average molecular weight is 359 g/mol. The summed E-state index contributed by atoms with van der Waals surface area (Å²) in [4.78, 5) is 2.23. The monoisotopic (exact) mass is 359 g/mol. The van der Waals surface area contributed by atoms with Gasteiger partial charge in [-0.1, -0.05) is 24.3 Å². The van der Waals surface area contributed by atoms with Gasteiger partial charge in [0.1, 0.15) is 5.52 Å². The maximum absolute atomic E-state index is 15.1. The van der Waals surface area contributed by atoms with Crippen molar-refractivity contribution in [1.82, 2.24) is 25.3 Å². The molecule has 1 atom stereocenters. The van der Waals surface area contributed by atoms with E-state index in [2.05, 4.69) is 44.5 Å². The van der Waals surface area contributed by atoms with E-state index < -0.39 is 0 Å². The number of fused-ring (bicyclic) bond motifs is 2. The molecule has 0 bridgehead atoms. The summed E-state index contributed by atoms with van der Waals surface area (Å²) >= 11 is 0. The average Bonchev–Trinajstić information content (AvgIpc) is 3.18. The highest BCUT2D eigenvalue weighted by atomic mass is 19.1. The van der Waals surface area contributed by atoms with Crippen molar-refractivity contribution in [2.45, 2.75) is 12.5 Å². The summed E-state index contributed by atoms with van der Waals surface area (Å²) in [5.41, 5.74) is 5.40. The molecule has 1 N–H and O–H groups in total. The van der Waals surface area contributed by atoms with Gasteiger partial charge in [0, 0.05) is 36.2 Å². The number of hydrogen-bond donors (Lipinski definition) is 1. The highest BCUT2D eigenvalue weighted by molar-refractivity contribution is 5.79. The summed E-state index contributed by atoms with van der Waals surface area (Å²) in [6.07, 6.45) is 3.32. The minimum Gasteiger partial charge on any atom is -0.301 e. The van der Waals surface area contributed by atoms with Crippen LogP contribution in [0.4, 0.5) is 4.39 Å². The molecule has 0 saturated heterocycles. The first kappa shape index (κ1) is 16.1. The van der Waals surface area contributed by atoms with Crippen molar-refractivity contribution >= 4 is 10.9 Å². The Kier molecular flexibility index (Phi) is 3.72.